The Kier molecular flexibility index (Phi) is 7.75. The number of ether oxygens (including phenoxy) is 1. The van der Waals surface area contributed by atoms with Crippen molar-refractivity contribution < 1.29 is 19.4 Å². The summed E-state index contributed by atoms with van der Waals surface area (Å²) in [6.07, 6.45) is 0.821. The fourth-order valence-corrected chi connectivity index (χ4v) is 2.25. The third-order valence-electron chi connectivity index (χ3n) is 2.50. The second-order valence-corrected chi connectivity index (χ2v) is 5.25. The Labute approximate surface area is 122 Å². The molecule has 0 spiro atoms. The van der Waals surface area contributed by atoms with Crippen molar-refractivity contribution in [2.45, 2.75) is 17.7 Å². The lowest BCUT2D eigenvalue weighted by molar-refractivity contribution is -0.136. The van der Waals surface area contributed by atoms with Gasteiger partial charge in [0.15, 0.2) is 0 Å². The van der Waals surface area contributed by atoms with E-state index in [1.54, 1.807) is 19.2 Å². The molecule has 110 valence electrons. The molecule has 0 aliphatic heterocycles. The van der Waals surface area contributed by atoms with Crippen molar-refractivity contribution in [3.05, 3.63) is 29.8 Å². The van der Waals surface area contributed by atoms with E-state index < -0.39 is 5.97 Å². The van der Waals surface area contributed by atoms with Crippen LogP contribution in [-0.2, 0) is 20.7 Å². The van der Waals surface area contributed by atoms with Gasteiger partial charge in [0.1, 0.15) is 0 Å². The maximum Gasteiger partial charge on any atom is 0.307 e. The lowest BCUT2D eigenvalue weighted by Gasteiger charge is -2.05. The van der Waals surface area contributed by atoms with Gasteiger partial charge in [-0.3, -0.25) is 9.59 Å². The lowest BCUT2D eigenvalue weighted by Crippen LogP contribution is -2.26. The molecule has 20 heavy (non-hydrogen) atoms. The van der Waals surface area contributed by atoms with E-state index in [-0.39, 0.29) is 12.3 Å². The molecule has 0 aliphatic rings. The van der Waals surface area contributed by atoms with Gasteiger partial charge in [-0.1, -0.05) is 12.1 Å². The summed E-state index contributed by atoms with van der Waals surface area (Å²) >= 11 is 1.43. The highest BCUT2D eigenvalue weighted by Crippen LogP contribution is 2.18. The Hall–Kier alpha value is -1.53. The van der Waals surface area contributed by atoms with Crippen LogP contribution in [0.3, 0.4) is 0 Å². The van der Waals surface area contributed by atoms with Gasteiger partial charge in [0, 0.05) is 25.2 Å². The number of thioether (sulfide) groups is 1. The maximum absolute atomic E-state index is 11.5. The molecule has 1 aromatic rings. The van der Waals surface area contributed by atoms with Crippen LogP contribution >= 0.6 is 11.8 Å². The van der Waals surface area contributed by atoms with Crippen molar-refractivity contribution in [1.82, 2.24) is 5.32 Å². The van der Waals surface area contributed by atoms with Gasteiger partial charge in [0.25, 0.3) is 0 Å². The van der Waals surface area contributed by atoms with Crippen LogP contribution in [-0.4, -0.2) is 43.0 Å². The molecule has 0 aromatic heterocycles. The minimum Gasteiger partial charge on any atom is -0.481 e. The van der Waals surface area contributed by atoms with Crippen LogP contribution in [0.2, 0.25) is 0 Å². The van der Waals surface area contributed by atoms with Crippen LogP contribution in [0.1, 0.15) is 12.0 Å². The van der Waals surface area contributed by atoms with Gasteiger partial charge in [0.2, 0.25) is 5.91 Å². The van der Waals surface area contributed by atoms with Gasteiger partial charge < -0.3 is 15.2 Å². The van der Waals surface area contributed by atoms with E-state index in [9.17, 15) is 9.59 Å². The summed E-state index contributed by atoms with van der Waals surface area (Å²) in [7, 11) is 1.63. The van der Waals surface area contributed by atoms with Gasteiger partial charge in [-0.2, -0.15) is 0 Å². The van der Waals surface area contributed by atoms with E-state index in [1.807, 2.05) is 12.1 Å². The number of benzene rings is 1. The van der Waals surface area contributed by atoms with E-state index >= 15 is 0 Å². The average Bonchev–Trinajstić information content (AvgIpc) is 2.42. The van der Waals surface area contributed by atoms with Crippen LogP contribution in [0.5, 0.6) is 0 Å². The maximum atomic E-state index is 11.5. The molecule has 0 saturated heterocycles. The Morgan fingerprint density at radius 3 is 2.60 bits per heavy atom. The molecule has 1 rings (SSSR count). The van der Waals surface area contributed by atoms with Crippen molar-refractivity contribution in [3.63, 3.8) is 0 Å². The first-order valence-corrected chi connectivity index (χ1v) is 7.29. The molecule has 2 N–H and O–H groups in total. The minimum absolute atomic E-state index is 0.0132. The predicted molar refractivity (Wildman–Crippen MR) is 78.0 cm³/mol. The van der Waals surface area contributed by atoms with E-state index in [1.165, 1.54) is 11.8 Å². The highest BCUT2D eigenvalue weighted by atomic mass is 32.2. The van der Waals surface area contributed by atoms with Gasteiger partial charge in [-0.05, 0) is 24.1 Å². The smallest absolute Gasteiger partial charge is 0.307 e. The second kappa shape index (κ2) is 9.39. The summed E-state index contributed by atoms with van der Waals surface area (Å²) < 4.78 is 4.89. The fraction of sp³-hybridized carbons (Fsp3) is 0.429. The summed E-state index contributed by atoms with van der Waals surface area (Å²) in [6, 6.07) is 7.21. The highest BCUT2D eigenvalue weighted by Gasteiger charge is 2.04. The van der Waals surface area contributed by atoms with Gasteiger partial charge in [0.05, 0.1) is 12.2 Å². The second-order valence-electron chi connectivity index (χ2n) is 4.20. The number of carboxylic acid groups (broad SMARTS) is 1. The summed E-state index contributed by atoms with van der Waals surface area (Å²) in [5.41, 5.74) is 0.755. The predicted octanol–water partition coefficient (Wildman–Crippen LogP) is 1.56. The number of hydrogen-bond acceptors (Lipinski definition) is 4. The van der Waals surface area contributed by atoms with E-state index in [0.29, 0.717) is 18.9 Å². The zero-order valence-corrected chi connectivity index (χ0v) is 12.2. The van der Waals surface area contributed by atoms with Crippen molar-refractivity contribution in [3.8, 4) is 0 Å². The van der Waals surface area contributed by atoms with E-state index in [0.717, 1.165) is 16.9 Å². The first kappa shape index (κ1) is 16.5. The number of methoxy groups -OCH3 is 1. The van der Waals surface area contributed by atoms with Crippen LogP contribution in [0.4, 0.5) is 0 Å². The van der Waals surface area contributed by atoms with E-state index in [4.69, 9.17) is 9.84 Å². The topological polar surface area (TPSA) is 75.6 Å². The number of nitrogens with one attached hydrogen (secondary N) is 1. The first-order valence-electron chi connectivity index (χ1n) is 6.31. The zero-order valence-electron chi connectivity index (χ0n) is 11.4. The highest BCUT2D eigenvalue weighted by molar-refractivity contribution is 8.00. The van der Waals surface area contributed by atoms with Crippen LogP contribution < -0.4 is 5.32 Å². The molecule has 6 heteroatoms. The molecule has 0 radical (unpaired) electrons. The Morgan fingerprint density at radius 1 is 1.30 bits per heavy atom. The third-order valence-corrected chi connectivity index (χ3v) is 3.51. The molecule has 0 unspecified atom stereocenters. The lowest BCUT2D eigenvalue weighted by atomic mass is 10.2. The molecule has 5 nitrogen and oxygen atoms in total. The van der Waals surface area contributed by atoms with E-state index in [2.05, 4.69) is 5.32 Å². The zero-order chi connectivity index (χ0) is 14.8. The molecule has 0 saturated carbocycles. The number of carbonyl (C=O) groups excluding carboxylic acids is 1. The number of carbonyl (C=O) groups is 2. The molecule has 0 heterocycles. The van der Waals surface area contributed by atoms with Crippen molar-refractivity contribution in [2.24, 2.45) is 0 Å². The quantitative estimate of drug-likeness (QED) is 0.534. The number of amides is 1. The molecule has 0 bridgehead atoms. The number of hydrogen-bond donors (Lipinski definition) is 2. The summed E-state index contributed by atoms with van der Waals surface area (Å²) in [5.74, 6) is -0.507. The monoisotopic (exact) mass is 297 g/mol. The molecule has 0 fully saturated rings. The van der Waals surface area contributed by atoms with Gasteiger partial charge in [-0.25, -0.2) is 0 Å². The van der Waals surface area contributed by atoms with Gasteiger partial charge >= 0.3 is 5.97 Å². The van der Waals surface area contributed by atoms with Gasteiger partial charge in [-0.15, -0.1) is 11.8 Å². The number of carboxylic acids is 1. The molecular weight excluding hydrogens is 278 g/mol. The molecule has 0 atom stereocenters. The minimum atomic E-state index is -0.846. The summed E-state index contributed by atoms with van der Waals surface area (Å²) in [4.78, 5) is 23.0. The van der Waals surface area contributed by atoms with Crippen molar-refractivity contribution >= 4 is 23.6 Å². The van der Waals surface area contributed by atoms with Crippen LogP contribution in [0, 0.1) is 0 Å². The number of rotatable bonds is 9. The van der Waals surface area contributed by atoms with Crippen molar-refractivity contribution in [1.29, 1.82) is 0 Å². The van der Waals surface area contributed by atoms with Crippen molar-refractivity contribution in [2.75, 3.05) is 26.0 Å². The molecule has 1 aromatic carbocycles. The SMILES string of the molecule is COCCCNC(=O)CSc1ccc(CC(=O)O)cc1. The third kappa shape index (κ3) is 7.16. The molecule has 1 amide bonds. The average molecular weight is 297 g/mol. The molecular formula is C14H19NO4S. The molecule has 0 aliphatic carbocycles. The standard InChI is InChI=1S/C14H19NO4S/c1-19-8-2-7-15-13(16)10-20-12-5-3-11(4-6-12)9-14(17)18/h3-6H,2,7-10H2,1H3,(H,15,16)(H,17,18). The Bertz CT molecular complexity index is 433. The number of aliphatic carboxylic acids is 1. The normalized spacial score (nSPS) is 10.2. The Balaban J connectivity index is 2.27. The summed E-state index contributed by atoms with van der Waals surface area (Å²) in [5, 5.41) is 11.5. The van der Waals surface area contributed by atoms with Crippen LogP contribution in [0.15, 0.2) is 29.2 Å². The Morgan fingerprint density at radius 2 is 2.00 bits per heavy atom. The van der Waals surface area contributed by atoms with Crippen LogP contribution in [0.25, 0.3) is 0 Å². The fourth-order valence-electron chi connectivity index (χ4n) is 1.52. The largest absolute Gasteiger partial charge is 0.481 e. The first-order chi connectivity index (χ1) is 9.61. The summed E-state index contributed by atoms with van der Waals surface area (Å²) in [6.45, 7) is 1.25.